The number of nitrogens with two attached hydrogens (primary N) is 1. The summed E-state index contributed by atoms with van der Waals surface area (Å²) in [5, 5.41) is 12.2. The first-order valence-corrected chi connectivity index (χ1v) is 5.74. The molecule has 0 saturated carbocycles. The van der Waals surface area contributed by atoms with Crippen molar-refractivity contribution in [3.8, 4) is 0 Å². The molecule has 90 valence electrons. The fraction of sp³-hybridized carbons (Fsp3) is 0.583. The molecule has 0 aromatic carbocycles. The number of aromatic nitrogens is 1. The van der Waals surface area contributed by atoms with Crippen LogP contribution in [0.5, 0.6) is 0 Å². The summed E-state index contributed by atoms with van der Waals surface area (Å²) >= 11 is 0. The topological polar surface area (TPSA) is 71.2 Å². The molecule has 0 saturated heterocycles. The van der Waals surface area contributed by atoms with Crippen LogP contribution in [0.15, 0.2) is 12.3 Å². The average molecular weight is 223 g/mol. The average Bonchev–Trinajstić information content (AvgIpc) is 2.26. The van der Waals surface area contributed by atoms with E-state index in [2.05, 4.69) is 17.2 Å². The van der Waals surface area contributed by atoms with Crippen molar-refractivity contribution in [2.24, 2.45) is 5.92 Å². The van der Waals surface area contributed by atoms with Gasteiger partial charge in [0, 0.05) is 13.2 Å². The largest absolute Gasteiger partial charge is 0.397 e. The van der Waals surface area contributed by atoms with E-state index in [-0.39, 0.29) is 6.61 Å². The first kappa shape index (κ1) is 12.8. The van der Waals surface area contributed by atoms with Gasteiger partial charge in [0.15, 0.2) is 0 Å². The zero-order valence-electron chi connectivity index (χ0n) is 10.0. The molecule has 0 amide bonds. The Morgan fingerprint density at radius 2 is 2.31 bits per heavy atom. The van der Waals surface area contributed by atoms with Crippen LogP contribution in [-0.4, -0.2) is 23.2 Å². The van der Waals surface area contributed by atoms with E-state index >= 15 is 0 Å². The summed E-state index contributed by atoms with van der Waals surface area (Å²) in [6, 6.07) is 1.91. The lowest BCUT2D eigenvalue weighted by atomic mass is 10.0. The number of pyridine rings is 1. The third-order valence-corrected chi connectivity index (χ3v) is 2.77. The quantitative estimate of drug-likeness (QED) is 0.687. The highest BCUT2D eigenvalue weighted by Crippen LogP contribution is 2.15. The number of anilines is 2. The Hall–Kier alpha value is -1.29. The number of hydrogen-bond acceptors (Lipinski definition) is 4. The number of nitrogen functional groups attached to an aromatic ring is 1. The van der Waals surface area contributed by atoms with Gasteiger partial charge in [-0.25, -0.2) is 4.98 Å². The highest BCUT2D eigenvalue weighted by Gasteiger charge is 2.06. The van der Waals surface area contributed by atoms with Gasteiger partial charge in [0.25, 0.3) is 0 Å². The molecule has 1 heterocycles. The predicted molar refractivity (Wildman–Crippen MR) is 67.4 cm³/mol. The molecule has 0 aliphatic carbocycles. The summed E-state index contributed by atoms with van der Waals surface area (Å²) in [5.74, 6) is 1.37. The van der Waals surface area contributed by atoms with E-state index in [0.29, 0.717) is 11.6 Å². The molecular formula is C12H21N3O. The fourth-order valence-corrected chi connectivity index (χ4v) is 1.66. The van der Waals surface area contributed by atoms with Crippen LogP contribution in [0, 0.1) is 12.8 Å². The highest BCUT2D eigenvalue weighted by atomic mass is 16.3. The van der Waals surface area contributed by atoms with E-state index in [4.69, 9.17) is 10.8 Å². The Kier molecular flexibility index (Phi) is 5.05. The van der Waals surface area contributed by atoms with Crippen molar-refractivity contribution in [2.45, 2.75) is 26.7 Å². The zero-order valence-corrected chi connectivity index (χ0v) is 10.0. The number of hydrogen-bond donors (Lipinski definition) is 3. The fourth-order valence-electron chi connectivity index (χ4n) is 1.66. The first-order valence-electron chi connectivity index (χ1n) is 5.74. The van der Waals surface area contributed by atoms with E-state index < -0.39 is 0 Å². The monoisotopic (exact) mass is 223 g/mol. The summed E-state index contributed by atoms with van der Waals surface area (Å²) < 4.78 is 0. The number of aryl methyl sites for hydroxylation is 1. The van der Waals surface area contributed by atoms with E-state index in [1.165, 1.54) is 0 Å². The number of nitrogens with one attached hydrogen (secondary N) is 1. The molecule has 1 aromatic rings. The number of aliphatic hydroxyl groups excluding tert-OH is 1. The lowest BCUT2D eigenvalue weighted by Crippen LogP contribution is -2.16. The van der Waals surface area contributed by atoms with Crippen LogP contribution in [0.3, 0.4) is 0 Å². The number of rotatable bonds is 6. The molecule has 4 N–H and O–H groups in total. The standard InChI is InChI=1S/C12H21N3O/c1-3-10(4-5-16)7-14-12-9(2)6-11(13)8-15-12/h6,8,10,16H,3-5,7,13H2,1-2H3,(H,14,15). The van der Waals surface area contributed by atoms with Gasteiger partial charge in [-0.3, -0.25) is 0 Å². The minimum Gasteiger partial charge on any atom is -0.397 e. The van der Waals surface area contributed by atoms with Crippen LogP contribution in [0.25, 0.3) is 0 Å². The predicted octanol–water partition coefficient (Wildman–Crippen LogP) is 1.79. The summed E-state index contributed by atoms with van der Waals surface area (Å²) in [6.07, 6.45) is 3.54. The van der Waals surface area contributed by atoms with Gasteiger partial charge in [0.05, 0.1) is 11.9 Å². The molecule has 1 unspecified atom stereocenters. The van der Waals surface area contributed by atoms with E-state index in [9.17, 15) is 0 Å². The van der Waals surface area contributed by atoms with Gasteiger partial charge in [0.1, 0.15) is 5.82 Å². The lowest BCUT2D eigenvalue weighted by molar-refractivity contribution is 0.258. The lowest BCUT2D eigenvalue weighted by Gasteiger charge is -2.15. The summed E-state index contributed by atoms with van der Waals surface area (Å²) in [5.41, 5.74) is 7.37. The number of nitrogens with zero attached hydrogens (tertiary/aromatic N) is 1. The van der Waals surface area contributed by atoms with Gasteiger partial charge in [0.2, 0.25) is 0 Å². The van der Waals surface area contributed by atoms with Crippen LogP contribution < -0.4 is 11.1 Å². The molecule has 0 fully saturated rings. The van der Waals surface area contributed by atoms with Crippen molar-refractivity contribution in [1.29, 1.82) is 0 Å². The smallest absolute Gasteiger partial charge is 0.129 e. The van der Waals surface area contributed by atoms with Crippen molar-refractivity contribution >= 4 is 11.5 Å². The third-order valence-electron chi connectivity index (χ3n) is 2.77. The van der Waals surface area contributed by atoms with E-state index in [1.54, 1.807) is 6.20 Å². The Morgan fingerprint density at radius 3 is 2.88 bits per heavy atom. The molecule has 0 spiro atoms. The van der Waals surface area contributed by atoms with Crippen molar-refractivity contribution in [3.05, 3.63) is 17.8 Å². The number of aliphatic hydroxyl groups is 1. The van der Waals surface area contributed by atoms with Crippen molar-refractivity contribution in [1.82, 2.24) is 4.98 Å². The van der Waals surface area contributed by atoms with Crippen LogP contribution in [0.2, 0.25) is 0 Å². The Labute approximate surface area is 96.9 Å². The molecule has 1 atom stereocenters. The maximum atomic E-state index is 8.90. The highest BCUT2D eigenvalue weighted by molar-refractivity contribution is 5.50. The summed E-state index contributed by atoms with van der Waals surface area (Å²) in [6.45, 7) is 5.20. The van der Waals surface area contributed by atoms with E-state index in [1.807, 2.05) is 13.0 Å². The summed E-state index contributed by atoms with van der Waals surface area (Å²) in [7, 11) is 0. The molecule has 0 aliphatic heterocycles. The van der Waals surface area contributed by atoms with Crippen LogP contribution in [-0.2, 0) is 0 Å². The SMILES string of the molecule is CCC(CCO)CNc1ncc(N)cc1C. The molecule has 0 radical (unpaired) electrons. The minimum absolute atomic E-state index is 0.244. The third kappa shape index (κ3) is 3.70. The van der Waals surface area contributed by atoms with Crippen molar-refractivity contribution in [3.63, 3.8) is 0 Å². The second-order valence-electron chi connectivity index (χ2n) is 4.10. The molecule has 4 heteroatoms. The van der Waals surface area contributed by atoms with Crippen LogP contribution in [0.4, 0.5) is 11.5 Å². The maximum absolute atomic E-state index is 8.90. The molecule has 1 aromatic heterocycles. The molecular weight excluding hydrogens is 202 g/mol. The van der Waals surface area contributed by atoms with Gasteiger partial charge in [-0.15, -0.1) is 0 Å². The molecule has 0 bridgehead atoms. The molecule has 0 aliphatic rings. The zero-order chi connectivity index (χ0) is 12.0. The van der Waals surface area contributed by atoms with Gasteiger partial charge < -0.3 is 16.2 Å². The molecule has 16 heavy (non-hydrogen) atoms. The summed E-state index contributed by atoms with van der Waals surface area (Å²) in [4.78, 5) is 4.25. The van der Waals surface area contributed by atoms with Gasteiger partial charge in [-0.05, 0) is 30.9 Å². The molecule has 1 rings (SSSR count). The Bertz CT molecular complexity index is 328. The van der Waals surface area contributed by atoms with Gasteiger partial charge in [-0.2, -0.15) is 0 Å². The second kappa shape index (κ2) is 6.33. The van der Waals surface area contributed by atoms with Gasteiger partial charge in [-0.1, -0.05) is 13.3 Å². The minimum atomic E-state index is 0.244. The second-order valence-corrected chi connectivity index (χ2v) is 4.10. The van der Waals surface area contributed by atoms with E-state index in [0.717, 1.165) is 30.8 Å². The Balaban J connectivity index is 2.53. The Morgan fingerprint density at radius 1 is 1.56 bits per heavy atom. The van der Waals surface area contributed by atoms with Crippen LogP contribution >= 0.6 is 0 Å². The van der Waals surface area contributed by atoms with Crippen molar-refractivity contribution < 1.29 is 5.11 Å². The van der Waals surface area contributed by atoms with Crippen LogP contribution in [0.1, 0.15) is 25.3 Å². The maximum Gasteiger partial charge on any atom is 0.129 e. The van der Waals surface area contributed by atoms with Crippen molar-refractivity contribution in [2.75, 3.05) is 24.2 Å². The molecule has 4 nitrogen and oxygen atoms in total. The first-order chi connectivity index (χ1) is 7.67. The van der Waals surface area contributed by atoms with Gasteiger partial charge >= 0.3 is 0 Å². The normalized spacial score (nSPS) is 12.4.